The molecule has 1 saturated heterocycles. The standard InChI is InChI=1S/C22H21ClF4N2O/c1-14-2-5-16(23)12-19(14)28-8-10-29(11-9-28)20(30)21(22(25,26)27)13-18(21)15-3-6-17(24)7-4-15/h2-7,12,18H,8-11,13H2,1H3/t18-,21-/m1/s1. The van der Waals surface area contributed by atoms with Crippen LogP contribution < -0.4 is 4.90 Å². The van der Waals surface area contributed by atoms with Crippen molar-refractivity contribution in [3.63, 3.8) is 0 Å². The number of amides is 1. The van der Waals surface area contributed by atoms with Crippen molar-refractivity contribution in [1.29, 1.82) is 0 Å². The van der Waals surface area contributed by atoms with E-state index in [1.54, 1.807) is 6.07 Å². The zero-order valence-corrected chi connectivity index (χ0v) is 17.1. The molecular weight excluding hydrogens is 420 g/mol. The van der Waals surface area contributed by atoms with Gasteiger partial charge in [-0.2, -0.15) is 13.2 Å². The molecule has 0 spiro atoms. The van der Waals surface area contributed by atoms with E-state index < -0.39 is 29.2 Å². The van der Waals surface area contributed by atoms with Gasteiger partial charge in [0.2, 0.25) is 5.91 Å². The van der Waals surface area contributed by atoms with Crippen LogP contribution in [0.25, 0.3) is 0 Å². The third-order valence-corrected chi connectivity index (χ3v) is 6.43. The lowest BCUT2D eigenvalue weighted by Gasteiger charge is -2.39. The molecule has 30 heavy (non-hydrogen) atoms. The summed E-state index contributed by atoms with van der Waals surface area (Å²) in [6, 6.07) is 10.4. The predicted molar refractivity (Wildman–Crippen MR) is 107 cm³/mol. The van der Waals surface area contributed by atoms with Gasteiger partial charge in [-0.15, -0.1) is 0 Å². The average molecular weight is 441 g/mol. The minimum Gasteiger partial charge on any atom is -0.368 e. The first-order valence-electron chi connectivity index (χ1n) is 9.76. The van der Waals surface area contributed by atoms with Gasteiger partial charge in [-0.3, -0.25) is 4.79 Å². The second kappa shape index (κ2) is 7.45. The zero-order valence-electron chi connectivity index (χ0n) is 16.3. The fourth-order valence-electron chi connectivity index (χ4n) is 4.39. The third-order valence-electron chi connectivity index (χ3n) is 6.20. The largest absolute Gasteiger partial charge is 0.403 e. The molecule has 1 aliphatic heterocycles. The number of nitrogens with zero attached hydrogens (tertiary/aromatic N) is 2. The van der Waals surface area contributed by atoms with Crippen LogP contribution in [-0.4, -0.2) is 43.2 Å². The Morgan fingerprint density at radius 3 is 2.30 bits per heavy atom. The molecule has 1 heterocycles. The van der Waals surface area contributed by atoms with Crippen LogP contribution in [0, 0.1) is 18.2 Å². The van der Waals surface area contributed by atoms with Crippen LogP contribution in [0.2, 0.25) is 5.02 Å². The van der Waals surface area contributed by atoms with Crippen LogP contribution in [0.1, 0.15) is 23.5 Å². The van der Waals surface area contributed by atoms with Crippen LogP contribution >= 0.6 is 11.6 Å². The maximum absolute atomic E-state index is 14.0. The summed E-state index contributed by atoms with van der Waals surface area (Å²) in [6.45, 7) is 3.22. The Morgan fingerprint density at radius 2 is 1.70 bits per heavy atom. The topological polar surface area (TPSA) is 23.6 Å². The summed E-state index contributed by atoms with van der Waals surface area (Å²) in [5.74, 6) is -2.37. The van der Waals surface area contributed by atoms with E-state index in [4.69, 9.17) is 11.6 Å². The summed E-state index contributed by atoms with van der Waals surface area (Å²) in [5.41, 5.74) is -0.130. The molecule has 2 aromatic rings. The molecule has 1 saturated carbocycles. The van der Waals surface area contributed by atoms with Crippen molar-refractivity contribution in [3.8, 4) is 0 Å². The number of carbonyl (C=O) groups excluding carboxylic acids is 1. The highest BCUT2D eigenvalue weighted by atomic mass is 35.5. The molecule has 4 rings (SSSR count). The Labute approximate surface area is 177 Å². The second-order valence-electron chi connectivity index (χ2n) is 7.99. The highest BCUT2D eigenvalue weighted by Crippen LogP contribution is 2.68. The molecule has 0 N–H and O–H groups in total. The maximum atomic E-state index is 14.0. The predicted octanol–water partition coefficient (Wildman–Crippen LogP) is 5.17. The number of carbonyl (C=O) groups is 1. The van der Waals surface area contributed by atoms with Crippen LogP contribution in [-0.2, 0) is 4.79 Å². The van der Waals surface area contributed by atoms with Gasteiger partial charge in [0.25, 0.3) is 0 Å². The molecule has 8 heteroatoms. The van der Waals surface area contributed by atoms with E-state index in [2.05, 4.69) is 0 Å². The number of piperazine rings is 1. The van der Waals surface area contributed by atoms with E-state index in [1.165, 1.54) is 17.0 Å². The lowest BCUT2D eigenvalue weighted by atomic mass is 9.96. The number of alkyl halides is 3. The Hall–Kier alpha value is -2.28. The van der Waals surface area contributed by atoms with Gasteiger partial charge in [0, 0.05) is 42.8 Å². The smallest absolute Gasteiger partial charge is 0.368 e. The lowest BCUT2D eigenvalue weighted by molar-refractivity contribution is -0.200. The maximum Gasteiger partial charge on any atom is 0.403 e. The van der Waals surface area contributed by atoms with E-state index in [9.17, 15) is 22.4 Å². The van der Waals surface area contributed by atoms with Crippen molar-refractivity contribution in [3.05, 3.63) is 64.4 Å². The van der Waals surface area contributed by atoms with Crippen LogP contribution in [0.3, 0.4) is 0 Å². The first-order valence-corrected chi connectivity index (χ1v) is 10.1. The molecule has 1 aliphatic carbocycles. The Bertz CT molecular complexity index is 955. The van der Waals surface area contributed by atoms with E-state index >= 15 is 0 Å². The van der Waals surface area contributed by atoms with Crippen LogP contribution in [0.4, 0.5) is 23.2 Å². The quantitative estimate of drug-likeness (QED) is 0.614. The van der Waals surface area contributed by atoms with Gasteiger partial charge < -0.3 is 9.80 Å². The molecule has 0 radical (unpaired) electrons. The molecule has 0 bridgehead atoms. The van der Waals surface area contributed by atoms with Gasteiger partial charge in [0.1, 0.15) is 5.82 Å². The SMILES string of the molecule is Cc1ccc(Cl)cc1N1CCN(C(=O)[C@@]2(C(F)(F)F)C[C@@H]2c2ccc(F)cc2)CC1. The molecule has 0 unspecified atom stereocenters. The molecule has 2 aliphatic rings. The van der Waals surface area contributed by atoms with E-state index in [0.717, 1.165) is 23.4 Å². The number of rotatable bonds is 3. The summed E-state index contributed by atoms with van der Waals surface area (Å²) in [4.78, 5) is 16.4. The molecule has 2 atom stereocenters. The summed E-state index contributed by atoms with van der Waals surface area (Å²) >= 11 is 6.08. The Balaban J connectivity index is 1.51. The van der Waals surface area contributed by atoms with Gasteiger partial charge >= 0.3 is 6.18 Å². The Kier molecular flexibility index (Phi) is 5.21. The van der Waals surface area contributed by atoms with Gasteiger partial charge in [-0.05, 0) is 48.7 Å². The number of aryl methyl sites for hydroxylation is 1. The number of anilines is 1. The first-order chi connectivity index (χ1) is 14.1. The number of halogens is 5. The normalized spacial score (nSPS) is 24.1. The Morgan fingerprint density at radius 1 is 1.07 bits per heavy atom. The van der Waals surface area contributed by atoms with E-state index in [1.807, 2.05) is 24.0 Å². The molecule has 3 nitrogen and oxygen atoms in total. The lowest BCUT2D eigenvalue weighted by Crippen LogP contribution is -2.53. The van der Waals surface area contributed by atoms with Crippen LogP contribution in [0.5, 0.6) is 0 Å². The zero-order chi connectivity index (χ0) is 21.7. The minimum absolute atomic E-state index is 0.207. The highest BCUT2D eigenvalue weighted by molar-refractivity contribution is 6.30. The summed E-state index contributed by atoms with van der Waals surface area (Å²) < 4.78 is 55.2. The van der Waals surface area contributed by atoms with Crippen molar-refractivity contribution < 1.29 is 22.4 Å². The van der Waals surface area contributed by atoms with Gasteiger partial charge in [0.15, 0.2) is 5.41 Å². The average Bonchev–Trinajstić information content (AvgIpc) is 3.47. The van der Waals surface area contributed by atoms with E-state index in [0.29, 0.717) is 23.7 Å². The van der Waals surface area contributed by atoms with Crippen LogP contribution in [0.15, 0.2) is 42.5 Å². The number of hydrogen-bond acceptors (Lipinski definition) is 2. The summed E-state index contributed by atoms with van der Waals surface area (Å²) in [6.07, 6.45) is -4.96. The third kappa shape index (κ3) is 3.53. The molecule has 160 valence electrons. The van der Waals surface area contributed by atoms with Crippen molar-refractivity contribution >= 4 is 23.2 Å². The molecule has 2 aromatic carbocycles. The molecule has 1 amide bonds. The number of hydrogen-bond donors (Lipinski definition) is 0. The van der Waals surface area contributed by atoms with E-state index in [-0.39, 0.29) is 19.5 Å². The fourth-order valence-corrected chi connectivity index (χ4v) is 4.55. The second-order valence-corrected chi connectivity index (χ2v) is 8.42. The highest BCUT2D eigenvalue weighted by Gasteiger charge is 2.76. The molecule has 0 aromatic heterocycles. The number of benzene rings is 2. The minimum atomic E-state index is -4.66. The van der Waals surface area contributed by atoms with Gasteiger partial charge in [-0.1, -0.05) is 29.8 Å². The monoisotopic (exact) mass is 440 g/mol. The van der Waals surface area contributed by atoms with Crippen molar-refractivity contribution in [1.82, 2.24) is 4.90 Å². The van der Waals surface area contributed by atoms with Gasteiger partial charge in [0.05, 0.1) is 0 Å². The van der Waals surface area contributed by atoms with Crippen molar-refractivity contribution in [2.45, 2.75) is 25.4 Å². The first kappa shape index (κ1) is 21.0. The van der Waals surface area contributed by atoms with Gasteiger partial charge in [-0.25, -0.2) is 4.39 Å². The fraction of sp³-hybridized carbons (Fsp3) is 0.409. The van der Waals surface area contributed by atoms with Crippen molar-refractivity contribution in [2.24, 2.45) is 5.41 Å². The summed E-state index contributed by atoms with van der Waals surface area (Å²) in [5, 5.41) is 0.588. The molecule has 2 fully saturated rings. The molecular formula is C22H21ClF4N2O. The summed E-state index contributed by atoms with van der Waals surface area (Å²) in [7, 11) is 0. The van der Waals surface area contributed by atoms with Crippen molar-refractivity contribution in [2.75, 3.05) is 31.1 Å².